The summed E-state index contributed by atoms with van der Waals surface area (Å²) >= 11 is 6.18. The van der Waals surface area contributed by atoms with Gasteiger partial charge in [0, 0.05) is 23.9 Å². The summed E-state index contributed by atoms with van der Waals surface area (Å²) < 4.78 is 18.4. The van der Waals surface area contributed by atoms with Crippen LogP contribution in [-0.2, 0) is 22.6 Å². The zero-order valence-electron chi connectivity index (χ0n) is 12.3. The fraction of sp³-hybridized carbons (Fsp3) is 0.235. The molecule has 22 heavy (non-hydrogen) atoms. The van der Waals surface area contributed by atoms with Crippen LogP contribution in [0.25, 0.3) is 0 Å². The lowest BCUT2D eigenvalue weighted by atomic mass is 10.0. The molecule has 0 aliphatic heterocycles. The first-order valence-corrected chi connectivity index (χ1v) is 7.13. The maximum atomic E-state index is 13.6. The van der Waals surface area contributed by atoms with Gasteiger partial charge >= 0.3 is 5.97 Å². The summed E-state index contributed by atoms with van der Waals surface area (Å²) in [5, 5.41) is 10.5. The van der Waals surface area contributed by atoms with Gasteiger partial charge in [-0.3, -0.25) is 4.79 Å². The molecule has 0 spiro atoms. The second-order valence-electron chi connectivity index (χ2n) is 5.12. The van der Waals surface area contributed by atoms with Crippen molar-refractivity contribution < 1.29 is 19.0 Å². The lowest BCUT2D eigenvalue weighted by Gasteiger charge is -2.11. The molecule has 5 heteroatoms. The zero-order valence-corrected chi connectivity index (χ0v) is 13.1. The molecule has 0 aromatic heterocycles. The van der Waals surface area contributed by atoms with Crippen LogP contribution in [0, 0.1) is 12.7 Å². The van der Waals surface area contributed by atoms with Crippen LogP contribution in [0.4, 0.5) is 4.39 Å². The summed E-state index contributed by atoms with van der Waals surface area (Å²) in [4.78, 5) is 10.8. The highest BCUT2D eigenvalue weighted by atomic mass is 35.5. The Morgan fingerprint density at radius 1 is 1.27 bits per heavy atom. The molecule has 0 radical (unpaired) electrons. The van der Waals surface area contributed by atoms with Crippen LogP contribution in [0.2, 0.25) is 5.02 Å². The fourth-order valence-corrected chi connectivity index (χ4v) is 2.37. The molecule has 0 aliphatic rings. The average molecular weight is 323 g/mol. The van der Waals surface area contributed by atoms with Crippen LogP contribution in [0.1, 0.15) is 29.2 Å². The summed E-state index contributed by atoms with van der Waals surface area (Å²) in [5.41, 5.74) is 2.39. The predicted octanol–water partition coefficient (Wildman–Crippen LogP) is 4.15. The van der Waals surface area contributed by atoms with E-state index in [9.17, 15) is 14.3 Å². The molecule has 0 atom stereocenters. The number of rotatable bonds is 4. The molecule has 0 unspecified atom stereocenters. The highest BCUT2D eigenvalue weighted by Crippen LogP contribution is 2.30. The highest BCUT2D eigenvalue weighted by Gasteiger charge is 2.11. The van der Waals surface area contributed by atoms with E-state index in [0.717, 1.165) is 0 Å². The number of hydrogen-bond acceptors (Lipinski definition) is 3. The lowest BCUT2D eigenvalue weighted by Crippen LogP contribution is -2.00. The number of hydrogen-bond donors (Lipinski definition) is 1. The lowest BCUT2D eigenvalue weighted by molar-refractivity contribution is -0.142. The van der Waals surface area contributed by atoms with E-state index in [1.165, 1.54) is 19.1 Å². The van der Waals surface area contributed by atoms with Crippen LogP contribution in [-0.4, -0.2) is 11.1 Å². The number of aryl methyl sites for hydroxylation is 1. The number of aromatic hydroxyl groups is 1. The first-order valence-electron chi connectivity index (χ1n) is 6.75. The topological polar surface area (TPSA) is 46.5 Å². The standard InChI is InChI=1S/C17H16ClFO3/c1-10-3-4-12(7-16(10)19)5-14-15(18)6-13(8-17(14)21)9-22-11(2)20/h3-4,6-8,21H,5,9H2,1-2H3. The minimum Gasteiger partial charge on any atom is -0.508 e. The molecule has 0 saturated heterocycles. The van der Waals surface area contributed by atoms with Crippen molar-refractivity contribution in [2.75, 3.05) is 0 Å². The van der Waals surface area contributed by atoms with E-state index < -0.39 is 5.97 Å². The smallest absolute Gasteiger partial charge is 0.302 e. The second-order valence-corrected chi connectivity index (χ2v) is 5.52. The third kappa shape index (κ3) is 3.98. The van der Waals surface area contributed by atoms with Crippen molar-refractivity contribution in [1.82, 2.24) is 0 Å². The molecule has 116 valence electrons. The van der Waals surface area contributed by atoms with Gasteiger partial charge in [-0.15, -0.1) is 0 Å². The van der Waals surface area contributed by atoms with Gasteiger partial charge in [-0.2, -0.15) is 0 Å². The maximum absolute atomic E-state index is 13.6. The molecule has 0 saturated carbocycles. The molecule has 0 fully saturated rings. The molecule has 0 amide bonds. The Kier molecular flexibility index (Phi) is 5.03. The number of carbonyl (C=O) groups is 1. The van der Waals surface area contributed by atoms with E-state index in [1.807, 2.05) is 0 Å². The monoisotopic (exact) mass is 322 g/mol. The summed E-state index contributed by atoms with van der Waals surface area (Å²) in [6.45, 7) is 3.04. The number of esters is 1. The van der Waals surface area contributed by atoms with Gasteiger partial charge in [-0.05, 0) is 41.8 Å². The summed E-state index contributed by atoms with van der Waals surface area (Å²) in [6.07, 6.45) is 0.315. The van der Waals surface area contributed by atoms with Crippen LogP contribution in [0.15, 0.2) is 30.3 Å². The number of halogens is 2. The molecule has 0 bridgehead atoms. The molecular formula is C17H16ClFO3. The fourth-order valence-electron chi connectivity index (χ4n) is 2.07. The Morgan fingerprint density at radius 2 is 2.00 bits per heavy atom. The van der Waals surface area contributed by atoms with E-state index in [4.69, 9.17) is 16.3 Å². The number of phenols is 1. The Hall–Kier alpha value is -2.07. The summed E-state index contributed by atoms with van der Waals surface area (Å²) in [5.74, 6) is -0.704. The molecule has 1 N–H and O–H groups in total. The SMILES string of the molecule is CC(=O)OCc1cc(O)c(Cc2ccc(C)c(F)c2)c(Cl)c1. The number of carbonyl (C=O) groups excluding carboxylic acids is 1. The number of phenolic OH excluding ortho intramolecular Hbond substituents is 1. The van der Waals surface area contributed by atoms with E-state index >= 15 is 0 Å². The van der Waals surface area contributed by atoms with E-state index in [-0.39, 0.29) is 18.2 Å². The van der Waals surface area contributed by atoms with Crippen molar-refractivity contribution in [2.45, 2.75) is 26.9 Å². The van der Waals surface area contributed by atoms with Gasteiger partial charge in [-0.25, -0.2) is 4.39 Å². The first-order chi connectivity index (χ1) is 10.4. The minimum absolute atomic E-state index is 0.00404. The van der Waals surface area contributed by atoms with Gasteiger partial charge < -0.3 is 9.84 Å². The van der Waals surface area contributed by atoms with Crippen molar-refractivity contribution in [1.29, 1.82) is 0 Å². The second kappa shape index (κ2) is 6.79. The van der Waals surface area contributed by atoms with Crippen molar-refractivity contribution in [3.8, 4) is 5.75 Å². The quantitative estimate of drug-likeness (QED) is 0.860. The molecule has 3 nitrogen and oxygen atoms in total. The minimum atomic E-state index is -0.408. The zero-order chi connectivity index (χ0) is 16.3. The molecule has 2 rings (SSSR count). The first kappa shape index (κ1) is 16.3. The normalized spacial score (nSPS) is 10.5. The molecule has 0 aliphatic carbocycles. The Labute approximate surface area is 133 Å². The van der Waals surface area contributed by atoms with Gasteiger partial charge in [0.1, 0.15) is 18.2 Å². The van der Waals surface area contributed by atoms with Gasteiger partial charge in [-0.1, -0.05) is 23.7 Å². The van der Waals surface area contributed by atoms with Crippen molar-refractivity contribution in [3.05, 3.63) is 63.4 Å². The van der Waals surface area contributed by atoms with Gasteiger partial charge in [0.15, 0.2) is 0 Å². The Balaban J connectivity index is 2.24. The molecular weight excluding hydrogens is 307 g/mol. The van der Waals surface area contributed by atoms with Crippen LogP contribution in [0.3, 0.4) is 0 Å². The molecule has 0 heterocycles. The van der Waals surface area contributed by atoms with Crippen LogP contribution < -0.4 is 0 Å². The van der Waals surface area contributed by atoms with E-state index in [1.54, 1.807) is 25.1 Å². The third-order valence-corrected chi connectivity index (χ3v) is 3.63. The Bertz CT molecular complexity index is 690. The van der Waals surface area contributed by atoms with Crippen molar-refractivity contribution in [3.63, 3.8) is 0 Å². The maximum Gasteiger partial charge on any atom is 0.302 e. The van der Waals surface area contributed by atoms with Crippen molar-refractivity contribution in [2.24, 2.45) is 0 Å². The van der Waals surface area contributed by atoms with Crippen molar-refractivity contribution >= 4 is 17.6 Å². The molecule has 2 aromatic carbocycles. The summed E-state index contributed by atoms with van der Waals surface area (Å²) in [7, 11) is 0. The summed E-state index contributed by atoms with van der Waals surface area (Å²) in [6, 6.07) is 8.03. The molecule has 2 aromatic rings. The van der Waals surface area contributed by atoms with Gasteiger partial charge in [0.05, 0.1) is 0 Å². The average Bonchev–Trinajstić information content (AvgIpc) is 2.44. The third-order valence-electron chi connectivity index (χ3n) is 3.29. The van der Waals surface area contributed by atoms with Gasteiger partial charge in [0.2, 0.25) is 0 Å². The highest BCUT2D eigenvalue weighted by molar-refractivity contribution is 6.31. The predicted molar refractivity (Wildman–Crippen MR) is 82.5 cm³/mol. The number of ether oxygens (including phenoxy) is 1. The van der Waals surface area contributed by atoms with Gasteiger partial charge in [0.25, 0.3) is 0 Å². The van der Waals surface area contributed by atoms with E-state index in [2.05, 4.69) is 0 Å². The Morgan fingerprint density at radius 3 is 2.59 bits per heavy atom. The largest absolute Gasteiger partial charge is 0.508 e. The van der Waals surface area contributed by atoms with Crippen LogP contribution in [0.5, 0.6) is 5.75 Å². The number of benzene rings is 2. The van der Waals surface area contributed by atoms with E-state index in [0.29, 0.717) is 33.7 Å². The van der Waals surface area contributed by atoms with Crippen LogP contribution >= 0.6 is 11.6 Å².